The van der Waals surface area contributed by atoms with Gasteiger partial charge in [-0.1, -0.05) is 36.4 Å². The molecule has 4 heterocycles. The molecule has 2 amide bonds. The minimum atomic E-state index is -4.00. The van der Waals surface area contributed by atoms with Crippen LogP contribution in [0.15, 0.2) is 150 Å². The van der Waals surface area contributed by atoms with Crippen molar-refractivity contribution in [1.29, 1.82) is 0 Å². The highest BCUT2D eigenvalue weighted by molar-refractivity contribution is 7.93. The topological polar surface area (TPSA) is 247 Å². The van der Waals surface area contributed by atoms with E-state index in [-0.39, 0.29) is 59.3 Å². The summed E-state index contributed by atoms with van der Waals surface area (Å²) in [6.07, 6.45) is 6.61. The summed E-state index contributed by atoms with van der Waals surface area (Å²) in [6.45, 7) is 2.44. The minimum Gasteiger partial charge on any atom is -0.494 e. The van der Waals surface area contributed by atoms with E-state index in [1.54, 1.807) is 105 Å². The number of halogens is 1. The Kier molecular flexibility index (Phi) is 14.6. The van der Waals surface area contributed by atoms with Crippen LogP contribution in [0, 0.1) is 5.82 Å². The molecule has 0 saturated heterocycles. The van der Waals surface area contributed by atoms with Crippen LogP contribution >= 0.6 is 0 Å². The van der Waals surface area contributed by atoms with Gasteiger partial charge in [-0.15, -0.1) is 0 Å². The Morgan fingerprint density at radius 1 is 0.652 bits per heavy atom. The van der Waals surface area contributed by atoms with Crippen LogP contribution in [0.1, 0.15) is 39.0 Å². The Morgan fingerprint density at radius 2 is 1.17 bits per heavy atom. The molecule has 66 heavy (non-hydrogen) atoms. The van der Waals surface area contributed by atoms with E-state index in [1.807, 2.05) is 0 Å². The molecular weight excluding hydrogens is 892 g/mol. The quantitative estimate of drug-likeness (QED) is 0.0520. The molecule has 20 heteroatoms. The van der Waals surface area contributed by atoms with Gasteiger partial charge in [-0.2, -0.15) is 0 Å². The number of hydrogen-bond donors (Lipinski definition) is 7. The highest BCUT2D eigenvalue weighted by atomic mass is 32.2. The summed E-state index contributed by atoms with van der Waals surface area (Å²) in [5.41, 5.74) is 3.99. The Balaban J connectivity index is 0.000000196. The van der Waals surface area contributed by atoms with E-state index < -0.39 is 25.9 Å². The van der Waals surface area contributed by atoms with Crippen molar-refractivity contribution in [2.75, 3.05) is 29.3 Å². The number of rotatable bonds is 17. The zero-order valence-electron chi connectivity index (χ0n) is 35.1. The molecule has 0 fully saturated rings. The number of aliphatic hydroxyl groups is 1. The lowest BCUT2D eigenvalue weighted by Crippen LogP contribution is -2.23. The van der Waals surface area contributed by atoms with Crippen LogP contribution in [-0.2, 0) is 33.1 Å². The summed E-state index contributed by atoms with van der Waals surface area (Å²) >= 11 is 0. The lowest BCUT2D eigenvalue weighted by atomic mass is 10.2. The summed E-state index contributed by atoms with van der Waals surface area (Å²) < 4.78 is 80.3. The number of fused-ring (bicyclic) bond motifs is 2. The van der Waals surface area contributed by atoms with Crippen molar-refractivity contribution in [3.05, 3.63) is 168 Å². The maximum absolute atomic E-state index is 14.2. The molecule has 0 atom stereocenters. The van der Waals surface area contributed by atoms with Crippen LogP contribution in [0.3, 0.4) is 0 Å². The maximum atomic E-state index is 14.2. The number of carbonyl (C=O) groups is 2. The van der Waals surface area contributed by atoms with Crippen molar-refractivity contribution in [3.63, 3.8) is 0 Å². The third-order valence-electron chi connectivity index (χ3n) is 9.68. The molecule has 8 rings (SSSR count). The standard InChI is InChI=1S/C23H21FN4O4S.C23H22N4O5S/c1-2-32-17-5-8-21(19(24)12-17)28-33(30,31)18-6-3-15(4-7-18)13-26-23(29)22-11-16-14-25-10-9-20(16)27-22;28-11-12-32-22-4-2-1-3-20(22)27-33(30,31)18-7-5-16(6-8-18)14-25-23(29)21-13-17-15-24-10-9-19(17)26-21/h3-12,14,27-28H,2,13H2,1H3,(H,26,29);1-10,13,15,26-28H,11-12,14H2,(H,25,29). The normalized spacial score (nSPS) is 11.3. The molecule has 8 aromatic rings. The summed E-state index contributed by atoms with van der Waals surface area (Å²) in [6, 6.07) is 29.7. The molecule has 0 bridgehead atoms. The van der Waals surface area contributed by atoms with Crippen LogP contribution in [-0.4, -0.2) is 73.5 Å². The molecule has 0 saturated carbocycles. The summed E-state index contributed by atoms with van der Waals surface area (Å²) in [4.78, 5) is 39.0. The summed E-state index contributed by atoms with van der Waals surface area (Å²) in [5.74, 6) is -0.674. The first-order valence-electron chi connectivity index (χ1n) is 20.2. The van der Waals surface area contributed by atoms with E-state index in [0.717, 1.165) is 33.4 Å². The number of anilines is 2. The van der Waals surface area contributed by atoms with Gasteiger partial charge in [-0.25, -0.2) is 21.2 Å². The number of aromatic amines is 2. The number of nitrogens with one attached hydrogen (secondary N) is 6. The molecule has 0 aliphatic carbocycles. The summed E-state index contributed by atoms with van der Waals surface area (Å²) in [5, 5.41) is 16.2. The van der Waals surface area contributed by atoms with Gasteiger partial charge in [-0.3, -0.25) is 29.0 Å². The Labute approximate surface area is 378 Å². The van der Waals surface area contributed by atoms with E-state index in [1.165, 1.54) is 36.4 Å². The Hall–Kier alpha value is -7.81. The van der Waals surface area contributed by atoms with Crippen molar-refractivity contribution in [2.24, 2.45) is 0 Å². The van der Waals surface area contributed by atoms with E-state index >= 15 is 0 Å². The third kappa shape index (κ3) is 11.7. The van der Waals surface area contributed by atoms with Gasteiger partial charge in [0.2, 0.25) is 0 Å². The zero-order chi connectivity index (χ0) is 46.7. The van der Waals surface area contributed by atoms with Gasteiger partial charge < -0.3 is 35.2 Å². The number of hydrogen-bond acceptors (Lipinski definition) is 11. The number of H-pyrrole nitrogens is 2. The first-order valence-corrected chi connectivity index (χ1v) is 23.2. The lowest BCUT2D eigenvalue weighted by Gasteiger charge is -2.13. The fourth-order valence-corrected chi connectivity index (χ4v) is 8.53. The molecule has 0 spiro atoms. The first kappa shape index (κ1) is 46.2. The molecule has 0 aliphatic heterocycles. The number of amides is 2. The van der Waals surface area contributed by atoms with Crippen molar-refractivity contribution in [2.45, 2.75) is 29.8 Å². The van der Waals surface area contributed by atoms with Gasteiger partial charge in [-0.05, 0) is 90.8 Å². The van der Waals surface area contributed by atoms with Crippen molar-refractivity contribution < 1.29 is 45.4 Å². The number of aliphatic hydroxyl groups excluding tert-OH is 1. The van der Waals surface area contributed by atoms with Gasteiger partial charge in [0.1, 0.15) is 29.5 Å². The Bertz CT molecular complexity index is 3130. The fraction of sp³-hybridized carbons (Fsp3) is 0.130. The van der Waals surface area contributed by atoms with Crippen molar-refractivity contribution in [3.8, 4) is 11.5 Å². The van der Waals surface area contributed by atoms with E-state index in [4.69, 9.17) is 14.6 Å². The smallest absolute Gasteiger partial charge is 0.267 e. The molecule has 340 valence electrons. The molecule has 0 unspecified atom stereocenters. The largest absolute Gasteiger partial charge is 0.494 e. The average molecular weight is 935 g/mol. The number of nitrogens with zero attached hydrogens (tertiary/aromatic N) is 2. The van der Waals surface area contributed by atoms with Gasteiger partial charge in [0.15, 0.2) is 5.82 Å². The van der Waals surface area contributed by atoms with Crippen LogP contribution in [0.5, 0.6) is 11.5 Å². The highest BCUT2D eigenvalue weighted by Gasteiger charge is 2.19. The predicted octanol–water partition coefficient (Wildman–Crippen LogP) is 6.50. The van der Waals surface area contributed by atoms with Crippen molar-refractivity contribution >= 4 is 65.0 Å². The van der Waals surface area contributed by atoms with Crippen LogP contribution in [0.25, 0.3) is 21.8 Å². The van der Waals surface area contributed by atoms with E-state index in [9.17, 15) is 30.8 Å². The summed E-state index contributed by atoms with van der Waals surface area (Å²) in [7, 11) is -7.85. The predicted molar refractivity (Wildman–Crippen MR) is 246 cm³/mol. The second-order valence-electron chi connectivity index (χ2n) is 14.3. The van der Waals surface area contributed by atoms with E-state index in [2.05, 4.69) is 40.0 Å². The molecule has 4 aromatic carbocycles. The number of benzene rings is 4. The number of pyridine rings is 2. The van der Waals surface area contributed by atoms with Gasteiger partial charge in [0.05, 0.1) is 34.4 Å². The first-order chi connectivity index (χ1) is 31.8. The number of ether oxygens (including phenoxy) is 2. The molecule has 0 radical (unpaired) electrons. The van der Waals surface area contributed by atoms with E-state index in [0.29, 0.717) is 35.1 Å². The van der Waals surface area contributed by atoms with Crippen LogP contribution < -0.4 is 29.6 Å². The Morgan fingerprint density at radius 3 is 1.65 bits per heavy atom. The second-order valence-corrected chi connectivity index (χ2v) is 17.7. The average Bonchev–Trinajstić information content (AvgIpc) is 3.97. The van der Waals surface area contributed by atoms with Gasteiger partial charge in [0, 0.05) is 65.7 Å². The molecule has 4 aromatic heterocycles. The second kappa shape index (κ2) is 20.8. The molecular formula is C46H43FN8O9S2. The monoisotopic (exact) mass is 934 g/mol. The lowest BCUT2D eigenvalue weighted by molar-refractivity contribution is 0.0939. The number of aromatic nitrogens is 4. The van der Waals surface area contributed by atoms with Crippen molar-refractivity contribution in [1.82, 2.24) is 30.6 Å². The number of sulfonamides is 2. The third-order valence-corrected chi connectivity index (χ3v) is 12.4. The van der Waals surface area contributed by atoms with Gasteiger partial charge >= 0.3 is 0 Å². The zero-order valence-corrected chi connectivity index (χ0v) is 36.7. The van der Waals surface area contributed by atoms with Crippen LogP contribution in [0.4, 0.5) is 15.8 Å². The maximum Gasteiger partial charge on any atom is 0.267 e. The molecule has 0 aliphatic rings. The molecule has 17 nitrogen and oxygen atoms in total. The number of para-hydroxylation sites is 2. The van der Waals surface area contributed by atoms with Crippen LogP contribution in [0.2, 0.25) is 0 Å². The fourth-order valence-electron chi connectivity index (χ4n) is 6.39. The number of carbonyl (C=O) groups excluding carboxylic acids is 2. The minimum absolute atomic E-state index is 0.0334. The SMILES string of the molecule is CCOc1ccc(NS(=O)(=O)c2ccc(CNC(=O)c3cc4cnccc4[nH]3)cc2)c(F)c1.O=C(NCc1ccc(S(=O)(=O)Nc2ccccc2OCCO)cc1)c1cc2cnccc2[nH]1. The van der Waals surface area contributed by atoms with Gasteiger partial charge in [0.25, 0.3) is 31.9 Å². The molecule has 7 N–H and O–H groups in total. The highest BCUT2D eigenvalue weighted by Crippen LogP contribution is 2.27.